The molecule has 1 fully saturated rings. The van der Waals surface area contributed by atoms with Gasteiger partial charge in [-0.05, 0) is 16.7 Å². The van der Waals surface area contributed by atoms with Crippen molar-refractivity contribution in [3.8, 4) is 0 Å². The van der Waals surface area contributed by atoms with Crippen molar-refractivity contribution in [3.63, 3.8) is 0 Å². The lowest BCUT2D eigenvalue weighted by Gasteiger charge is -2.44. The molecule has 1 aliphatic rings. The van der Waals surface area contributed by atoms with Gasteiger partial charge in [0.1, 0.15) is 18.3 Å². The normalized spacial score (nSPS) is 24.7. The fraction of sp³-hybridized carbons (Fsp3) is 0.357. The summed E-state index contributed by atoms with van der Waals surface area (Å²) in [6, 6.07) is 29.6. The van der Waals surface area contributed by atoms with Gasteiger partial charge in [-0.3, -0.25) is 0 Å². The van der Waals surface area contributed by atoms with E-state index in [0.29, 0.717) is 26.4 Å². The Balaban J connectivity index is 1.44. The summed E-state index contributed by atoms with van der Waals surface area (Å²) in [5.74, 6) is 0. The molecule has 0 unspecified atom stereocenters. The van der Waals surface area contributed by atoms with Gasteiger partial charge in [-0.2, -0.15) is 0 Å². The summed E-state index contributed by atoms with van der Waals surface area (Å²) >= 11 is 0. The van der Waals surface area contributed by atoms with Crippen LogP contribution in [0, 0.1) is 0 Å². The van der Waals surface area contributed by atoms with E-state index < -0.39 is 30.6 Å². The third-order valence-electron chi connectivity index (χ3n) is 5.91. The van der Waals surface area contributed by atoms with Crippen LogP contribution in [0.25, 0.3) is 0 Å². The van der Waals surface area contributed by atoms with E-state index in [1.165, 1.54) is 0 Å². The highest BCUT2D eigenvalue weighted by atomic mass is 16.7. The van der Waals surface area contributed by atoms with Gasteiger partial charge in [0.15, 0.2) is 6.29 Å². The van der Waals surface area contributed by atoms with Gasteiger partial charge in [-0.15, -0.1) is 0 Å². The van der Waals surface area contributed by atoms with Crippen LogP contribution >= 0.6 is 0 Å². The molecule has 0 amide bonds. The molecule has 0 spiro atoms. The molecule has 6 nitrogen and oxygen atoms in total. The molecular formula is C28H33NO5. The Kier molecular flexibility index (Phi) is 9.21. The predicted molar refractivity (Wildman–Crippen MR) is 130 cm³/mol. The fourth-order valence-corrected chi connectivity index (χ4v) is 4.05. The highest BCUT2D eigenvalue weighted by Gasteiger charge is 2.46. The van der Waals surface area contributed by atoms with Crippen molar-refractivity contribution in [2.45, 2.75) is 50.5 Å². The van der Waals surface area contributed by atoms with Gasteiger partial charge >= 0.3 is 0 Å². The number of nitrogens with two attached hydrogens (primary N) is 1. The summed E-state index contributed by atoms with van der Waals surface area (Å²) in [5, 5.41) is 0. The second kappa shape index (κ2) is 12.8. The lowest BCUT2D eigenvalue weighted by atomic mass is 9.96. The molecule has 2 N–H and O–H groups in total. The molecule has 6 heteroatoms. The van der Waals surface area contributed by atoms with E-state index in [-0.39, 0.29) is 0 Å². The van der Waals surface area contributed by atoms with Crippen LogP contribution in [0.3, 0.4) is 0 Å². The molecule has 34 heavy (non-hydrogen) atoms. The van der Waals surface area contributed by atoms with Crippen molar-refractivity contribution in [2.24, 2.45) is 5.73 Å². The van der Waals surface area contributed by atoms with Crippen LogP contribution in [0.2, 0.25) is 0 Å². The van der Waals surface area contributed by atoms with E-state index in [4.69, 9.17) is 29.4 Å². The second-order valence-electron chi connectivity index (χ2n) is 8.38. The molecular weight excluding hydrogens is 430 g/mol. The Hall–Kier alpha value is -2.58. The quantitative estimate of drug-likeness (QED) is 0.462. The van der Waals surface area contributed by atoms with Crippen LogP contribution in [0.4, 0.5) is 0 Å². The van der Waals surface area contributed by atoms with Crippen molar-refractivity contribution in [1.29, 1.82) is 0 Å². The van der Waals surface area contributed by atoms with E-state index >= 15 is 0 Å². The van der Waals surface area contributed by atoms with E-state index in [1.807, 2.05) is 91.0 Å². The minimum absolute atomic E-state index is 0.326. The van der Waals surface area contributed by atoms with E-state index in [1.54, 1.807) is 7.11 Å². The molecule has 5 atom stereocenters. The van der Waals surface area contributed by atoms with Crippen molar-refractivity contribution in [1.82, 2.24) is 0 Å². The summed E-state index contributed by atoms with van der Waals surface area (Å²) in [6.45, 7) is 1.63. The Bertz CT molecular complexity index is 956. The molecule has 0 bridgehead atoms. The first-order valence-electron chi connectivity index (χ1n) is 11.6. The standard InChI is InChI=1S/C28H33NO5/c1-30-28-27(33-19-23-15-9-4-10-16-23)26(32-18-22-13-7-3-8-14-22)25(29)24(34-28)20-31-17-21-11-5-2-6-12-21/h2-16,24-28H,17-20,29H2,1H3/t24-,25-,26+,27-,28+/m1/s1. The summed E-state index contributed by atoms with van der Waals surface area (Å²) in [7, 11) is 1.61. The van der Waals surface area contributed by atoms with Crippen molar-refractivity contribution in [2.75, 3.05) is 13.7 Å². The van der Waals surface area contributed by atoms with Gasteiger partial charge in [0.2, 0.25) is 0 Å². The van der Waals surface area contributed by atoms with Gasteiger partial charge in [-0.1, -0.05) is 91.0 Å². The molecule has 0 saturated carbocycles. The maximum atomic E-state index is 6.68. The molecule has 0 aromatic heterocycles. The van der Waals surface area contributed by atoms with Crippen LogP contribution in [0.5, 0.6) is 0 Å². The monoisotopic (exact) mass is 463 g/mol. The largest absolute Gasteiger partial charge is 0.374 e. The first-order valence-corrected chi connectivity index (χ1v) is 11.6. The minimum Gasteiger partial charge on any atom is -0.374 e. The highest BCUT2D eigenvalue weighted by molar-refractivity contribution is 5.15. The van der Waals surface area contributed by atoms with E-state index in [9.17, 15) is 0 Å². The predicted octanol–water partition coefficient (Wildman–Crippen LogP) is 4.07. The summed E-state index contributed by atoms with van der Waals surface area (Å²) in [6.07, 6.45) is -1.96. The summed E-state index contributed by atoms with van der Waals surface area (Å²) < 4.78 is 30.4. The molecule has 180 valence electrons. The zero-order valence-corrected chi connectivity index (χ0v) is 19.5. The molecule has 3 aromatic carbocycles. The Morgan fingerprint density at radius 2 is 1.15 bits per heavy atom. The van der Waals surface area contributed by atoms with Gasteiger partial charge in [0.05, 0.1) is 32.5 Å². The Morgan fingerprint density at radius 3 is 1.65 bits per heavy atom. The van der Waals surface area contributed by atoms with Gasteiger partial charge in [-0.25, -0.2) is 0 Å². The number of rotatable bonds is 11. The molecule has 3 aromatic rings. The maximum Gasteiger partial charge on any atom is 0.186 e. The van der Waals surface area contributed by atoms with Crippen molar-refractivity contribution in [3.05, 3.63) is 108 Å². The lowest BCUT2D eigenvalue weighted by Crippen LogP contribution is -2.64. The van der Waals surface area contributed by atoms with Crippen LogP contribution in [-0.4, -0.2) is 44.4 Å². The first kappa shape index (κ1) is 24.5. The summed E-state index contributed by atoms with van der Waals surface area (Å²) in [5.41, 5.74) is 9.89. The van der Waals surface area contributed by atoms with Crippen LogP contribution in [-0.2, 0) is 43.5 Å². The molecule has 1 saturated heterocycles. The smallest absolute Gasteiger partial charge is 0.186 e. The second-order valence-corrected chi connectivity index (χ2v) is 8.38. The van der Waals surface area contributed by atoms with Gasteiger partial charge < -0.3 is 29.4 Å². The number of hydrogen-bond acceptors (Lipinski definition) is 6. The number of ether oxygens (including phenoxy) is 5. The van der Waals surface area contributed by atoms with E-state index in [0.717, 1.165) is 16.7 Å². The minimum atomic E-state index is -0.630. The van der Waals surface area contributed by atoms with E-state index in [2.05, 4.69) is 0 Å². The lowest BCUT2D eigenvalue weighted by molar-refractivity contribution is -0.291. The van der Waals surface area contributed by atoms with Crippen LogP contribution in [0.15, 0.2) is 91.0 Å². The average Bonchev–Trinajstić information content (AvgIpc) is 2.89. The molecule has 0 aliphatic carbocycles. The number of hydrogen-bond donors (Lipinski definition) is 1. The third kappa shape index (κ3) is 6.73. The zero-order chi connectivity index (χ0) is 23.6. The van der Waals surface area contributed by atoms with Crippen molar-refractivity contribution < 1.29 is 23.7 Å². The SMILES string of the molecule is CO[C@H]1O[C@H](COCc2ccccc2)[C@@H](N)[C@H](OCc2ccccc2)[C@H]1OCc1ccccc1. The fourth-order valence-electron chi connectivity index (χ4n) is 4.05. The number of methoxy groups -OCH3 is 1. The Morgan fingerprint density at radius 1 is 0.676 bits per heavy atom. The van der Waals surface area contributed by atoms with Crippen LogP contribution < -0.4 is 5.73 Å². The first-order chi connectivity index (χ1) is 16.7. The third-order valence-corrected chi connectivity index (χ3v) is 5.91. The topological polar surface area (TPSA) is 72.2 Å². The Labute approximate surface area is 201 Å². The number of benzene rings is 3. The summed E-state index contributed by atoms with van der Waals surface area (Å²) in [4.78, 5) is 0. The molecule has 0 radical (unpaired) electrons. The van der Waals surface area contributed by atoms with Gasteiger partial charge in [0, 0.05) is 7.11 Å². The molecule has 1 heterocycles. The molecule has 4 rings (SSSR count). The molecule has 1 aliphatic heterocycles. The van der Waals surface area contributed by atoms with Crippen LogP contribution in [0.1, 0.15) is 16.7 Å². The van der Waals surface area contributed by atoms with Gasteiger partial charge in [0.25, 0.3) is 0 Å². The maximum absolute atomic E-state index is 6.68. The average molecular weight is 464 g/mol. The van der Waals surface area contributed by atoms with Crippen molar-refractivity contribution >= 4 is 0 Å². The highest BCUT2D eigenvalue weighted by Crippen LogP contribution is 2.27. The zero-order valence-electron chi connectivity index (χ0n) is 19.5.